The van der Waals surface area contributed by atoms with Crippen LogP contribution in [0.4, 0.5) is 0 Å². The number of nitrogens with zero attached hydrogens (tertiary/aromatic N) is 1. The van der Waals surface area contributed by atoms with E-state index in [0.717, 1.165) is 40.8 Å². The largest absolute Gasteiger partial charge is 0.490 e. The SMILES string of the molecule is CC1(C(=O)NC2CC[C@@H]3Oc4ccc(Br)cc4C4(CSC(N)=N4)[C@H]3C2)COC1. The number of fused-ring (bicyclic) bond motifs is 4. The number of hydrogen-bond donors (Lipinski definition) is 2. The van der Waals surface area contributed by atoms with E-state index in [1.807, 2.05) is 19.1 Å². The number of carbonyl (C=O) groups excluding carboxylic acids is 1. The third-order valence-electron chi connectivity index (χ3n) is 6.56. The van der Waals surface area contributed by atoms with Crippen LogP contribution in [0.2, 0.25) is 0 Å². The number of halogens is 1. The molecule has 2 unspecified atom stereocenters. The Hall–Kier alpha value is -1.25. The summed E-state index contributed by atoms with van der Waals surface area (Å²) in [5.74, 6) is 2.01. The second kappa shape index (κ2) is 6.64. The second-order valence-corrected chi connectivity index (χ2v) is 10.5. The van der Waals surface area contributed by atoms with E-state index in [0.29, 0.717) is 18.4 Å². The van der Waals surface area contributed by atoms with Crippen LogP contribution >= 0.6 is 27.7 Å². The molecule has 1 amide bonds. The Morgan fingerprint density at radius 1 is 1.39 bits per heavy atom. The Kier molecular flexibility index (Phi) is 4.45. The first-order chi connectivity index (χ1) is 13.4. The number of amidine groups is 1. The predicted octanol–water partition coefficient (Wildman–Crippen LogP) is 2.79. The predicted molar refractivity (Wildman–Crippen MR) is 113 cm³/mol. The Balaban J connectivity index is 1.45. The van der Waals surface area contributed by atoms with Crippen molar-refractivity contribution in [2.75, 3.05) is 19.0 Å². The summed E-state index contributed by atoms with van der Waals surface area (Å²) in [6, 6.07) is 6.28. The minimum Gasteiger partial charge on any atom is -0.490 e. The molecule has 1 aromatic carbocycles. The molecule has 2 fully saturated rings. The van der Waals surface area contributed by atoms with Crippen LogP contribution in [0.25, 0.3) is 0 Å². The molecule has 150 valence electrons. The van der Waals surface area contributed by atoms with E-state index in [4.69, 9.17) is 20.2 Å². The summed E-state index contributed by atoms with van der Waals surface area (Å²) < 4.78 is 12.7. The number of aliphatic imine (C=N–C) groups is 1. The summed E-state index contributed by atoms with van der Waals surface area (Å²) in [6.07, 6.45) is 2.76. The highest BCUT2D eigenvalue weighted by molar-refractivity contribution is 9.10. The van der Waals surface area contributed by atoms with Gasteiger partial charge in [-0.25, -0.2) is 4.99 Å². The lowest BCUT2D eigenvalue weighted by atomic mass is 9.67. The van der Waals surface area contributed by atoms with Crippen molar-refractivity contribution in [2.24, 2.45) is 22.1 Å². The summed E-state index contributed by atoms with van der Waals surface area (Å²) in [7, 11) is 0. The number of rotatable bonds is 2. The van der Waals surface area contributed by atoms with Gasteiger partial charge in [0.2, 0.25) is 5.91 Å². The zero-order chi connectivity index (χ0) is 19.5. The number of ether oxygens (including phenoxy) is 2. The molecule has 0 radical (unpaired) electrons. The van der Waals surface area contributed by atoms with Gasteiger partial charge >= 0.3 is 0 Å². The Labute approximate surface area is 177 Å². The van der Waals surface area contributed by atoms with Gasteiger partial charge < -0.3 is 20.5 Å². The maximum absolute atomic E-state index is 12.7. The average Bonchev–Trinajstić information content (AvgIpc) is 3.04. The highest BCUT2D eigenvalue weighted by Crippen LogP contribution is 2.54. The van der Waals surface area contributed by atoms with Crippen molar-refractivity contribution in [3.8, 4) is 5.75 Å². The molecule has 28 heavy (non-hydrogen) atoms. The third kappa shape index (κ3) is 2.87. The molecule has 1 saturated heterocycles. The van der Waals surface area contributed by atoms with Crippen LogP contribution in [0.5, 0.6) is 5.75 Å². The average molecular weight is 466 g/mol. The molecule has 4 aliphatic rings. The van der Waals surface area contributed by atoms with Gasteiger partial charge in [-0.15, -0.1) is 0 Å². The monoisotopic (exact) mass is 465 g/mol. The van der Waals surface area contributed by atoms with E-state index in [-0.39, 0.29) is 34.9 Å². The van der Waals surface area contributed by atoms with E-state index >= 15 is 0 Å². The molecule has 1 aromatic rings. The Morgan fingerprint density at radius 2 is 2.21 bits per heavy atom. The van der Waals surface area contributed by atoms with E-state index in [1.165, 1.54) is 0 Å². The smallest absolute Gasteiger partial charge is 0.230 e. The maximum atomic E-state index is 12.7. The van der Waals surface area contributed by atoms with Gasteiger partial charge in [0.1, 0.15) is 17.4 Å². The first-order valence-corrected chi connectivity index (χ1v) is 11.5. The van der Waals surface area contributed by atoms with Gasteiger partial charge in [0.05, 0.1) is 18.6 Å². The van der Waals surface area contributed by atoms with E-state index in [1.54, 1.807) is 11.8 Å². The molecule has 3 N–H and O–H groups in total. The van der Waals surface area contributed by atoms with Crippen molar-refractivity contribution in [3.63, 3.8) is 0 Å². The zero-order valence-electron chi connectivity index (χ0n) is 15.7. The van der Waals surface area contributed by atoms with E-state index in [9.17, 15) is 4.79 Å². The summed E-state index contributed by atoms with van der Waals surface area (Å²) in [6.45, 7) is 2.97. The summed E-state index contributed by atoms with van der Waals surface area (Å²) in [5, 5.41) is 3.91. The lowest BCUT2D eigenvalue weighted by Crippen LogP contribution is -2.58. The van der Waals surface area contributed by atoms with Gasteiger partial charge in [0.25, 0.3) is 0 Å². The number of amides is 1. The number of thioether (sulfide) groups is 1. The van der Waals surface area contributed by atoms with Crippen molar-refractivity contribution < 1.29 is 14.3 Å². The van der Waals surface area contributed by atoms with Crippen LogP contribution in [0.15, 0.2) is 27.7 Å². The number of benzene rings is 1. The fourth-order valence-corrected chi connectivity index (χ4v) is 6.29. The molecule has 4 atom stereocenters. The first-order valence-electron chi connectivity index (χ1n) is 9.73. The molecule has 6 nitrogen and oxygen atoms in total. The van der Waals surface area contributed by atoms with Crippen molar-refractivity contribution in [3.05, 3.63) is 28.2 Å². The molecule has 0 bridgehead atoms. The molecule has 1 saturated carbocycles. The third-order valence-corrected chi connectivity index (χ3v) is 8.03. The lowest BCUT2D eigenvalue weighted by molar-refractivity contribution is -0.159. The van der Waals surface area contributed by atoms with Crippen LogP contribution in [-0.2, 0) is 15.1 Å². The summed E-state index contributed by atoms with van der Waals surface area (Å²) >= 11 is 5.21. The van der Waals surface area contributed by atoms with Gasteiger partial charge in [-0.3, -0.25) is 4.79 Å². The molecule has 1 aliphatic carbocycles. The van der Waals surface area contributed by atoms with Crippen LogP contribution in [-0.4, -0.2) is 42.2 Å². The van der Waals surface area contributed by atoms with E-state index in [2.05, 4.69) is 27.3 Å². The maximum Gasteiger partial charge on any atom is 0.230 e. The molecule has 3 heterocycles. The molecule has 1 spiro atoms. The number of carbonyl (C=O) groups is 1. The molecular weight excluding hydrogens is 442 g/mol. The topological polar surface area (TPSA) is 85.9 Å². The number of nitrogens with two attached hydrogens (primary N) is 1. The molecule has 8 heteroatoms. The number of hydrogen-bond acceptors (Lipinski definition) is 6. The highest BCUT2D eigenvalue weighted by Gasteiger charge is 2.55. The van der Waals surface area contributed by atoms with Crippen LogP contribution in [0.3, 0.4) is 0 Å². The fraction of sp³-hybridized carbons (Fsp3) is 0.600. The van der Waals surface area contributed by atoms with Crippen molar-refractivity contribution in [2.45, 2.75) is 43.9 Å². The summed E-state index contributed by atoms with van der Waals surface area (Å²) in [5.41, 5.74) is 6.46. The van der Waals surface area contributed by atoms with Gasteiger partial charge in [-0.05, 0) is 44.4 Å². The highest BCUT2D eigenvalue weighted by atomic mass is 79.9. The Bertz CT molecular complexity index is 859. The minimum atomic E-state index is -0.388. The summed E-state index contributed by atoms with van der Waals surface area (Å²) in [4.78, 5) is 17.7. The lowest BCUT2D eigenvalue weighted by Gasteiger charge is -2.49. The second-order valence-electron chi connectivity index (χ2n) is 8.60. The van der Waals surface area contributed by atoms with E-state index < -0.39 is 0 Å². The van der Waals surface area contributed by atoms with Gasteiger partial charge in [-0.1, -0.05) is 27.7 Å². The normalized spacial score (nSPS) is 35.2. The van der Waals surface area contributed by atoms with Crippen molar-refractivity contribution in [1.29, 1.82) is 0 Å². The van der Waals surface area contributed by atoms with Gasteiger partial charge in [0, 0.05) is 27.7 Å². The van der Waals surface area contributed by atoms with Crippen LogP contribution in [0.1, 0.15) is 31.7 Å². The molecule has 0 aromatic heterocycles. The van der Waals surface area contributed by atoms with Crippen molar-refractivity contribution in [1.82, 2.24) is 5.32 Å². The molecule has 3 aliphatic heterocycles. The molecular formula is C20H24BrN3O3S. The van der Waals surface area contributed by atoms with Gasteiger partial charge in [0.15, 0.2) is 5.17 Å². The Morgan fingerprint density at radius 3 is 2.89 bits per heavy atom. The van der Waals surface area contributed by atoms with Gasteiger partial charge in [-0.2, -0.15) is 0 Å². The zero-order valence-corrected chi connectivity index (χ0v) is 18.1. The fourth-order valence-electron chi connectivity index (χ4n) is 4.90. The van der Waals surface area contributed by atoms with Crippen LogP contribution < -0.4 is 15.8 Å². The quantitative estimate of drug-likeness (QED) is 0.700. The number of nitrogens with one attached hydrogen (secondary N) is 1. The standard InChI is InChI=1S/C20H24BrN3O3S/c1-19(8-26-9-19)17(25)23-12-3-5-16-14(7-12)20(10-28-18(22)24-20)13-6-11(21)2-4-15(13)27-16/h2,4,6,12,14,16H,3,5,7-10H2,1H3,(H2,22,24)(H,23,25)/t12?,14-,16-,20?/m0/s1. The molecule has 5 rings (SSSR count). The van der Waals surface area contributed by atoms with Crippen molar-refractivity contribution >= 4 is 38.8 Å². The minimum absolute atomic E-state index is 0.0969. The van der Waals surface area contributed by atoms with Crippen LogP contribution in [0, 0.1) is 11.3 Å². The first kappa shape index (κ1) is 18.8.